The van der Waals surface area contributed by atoms with Crippen LogP contribution >= 0.6 is 0 Å². The van der Waals surface area contributed by atoms with Crippen molar-refractivity contribution in [3.8, 4) is 0 Å². The van der Waals surface area contributed by atoms with Gasteiger partial charge in [0.25, 0.3) is 0 Å². The zero-order valence-electron chi connectivity index (χ0n) is 9.57. The third-order valence-electron chi connectivity index (χ3n) is 1.72. The molecule has 0 aliphatic heterocycles. The lowest BCUT2D eigenvalue weighted by atomic mass is 10.3. The molecule has 0 saturated carbocycles. The Morgan fingerprint density at radius 1 is 1.53 bits per heavy atom. The third kappa shape index (κ3) is 5.10. The van der Waals surface area contributed by atoms with Crippen LogP contribution in [0.2, 0.25) is 0 Å². The fourth-order valence-corrected chi connectivity index (χ4v) is 0.839. The van der Waals surface area contributed by atoms with Gasteiger partial charge < -0.3 is 0 Å². The van der Waals surface area contributed by atoms with Crippen molar-refractivity contribution in [3.63, 3.8) is 0 Å². The van der Waals surface area contributed by atoms with E-state index in [9.17, 15) is 4.39 Å². The predicted molar refractivity (Wildman–Crippen MR) is 63.7 cm³/mol. The first-order chi connectivity index (χ1) is 7.19. The second-order valence-corrected chi connectivity index (χ2v) is 2.88. The number of hydrogen-bond acceptors (Lipinski definition) is 1. The van der Waals surface area contributed by atoms with Crippen LogP contribution in [0.25, 0.3) is 0 Å². The largest absolute Gasteiger partial charge is 0.289 e. The van der Waals surface area contributed by atoms with Crippen LogP contribution in [0, 0.1) is 0 Å². The van der Waals surface area contributed by atoms with Gasteiger partial charge >= 0.3 is 0 Å². The van der Waals surface area contributed by atoms with Crippen LogP contribution in [0.15, 0.2) is 35.0 Å². The monoisotopic (exact) mass is 211 g/mol. The van der Waals surface area contributed by atoms with Crippen molar-refractivity contribution in [2.24, 2.45) is 9.98 Å². The molecule has 15 heavy (non-hydrogen) atoms. The Morgan fingerprint density at radius 2 is 2.20 bits per heavy atom. The summed E-state index contributed by atoms with van der Waals surface area (Å²) in [6.45, 7) is 8.50. The van der Waals surface area contributed by atoms with E-state index in [1.807, 2.05) is 20.8 Å². The lowest BCUT2D eigenvalue weighted by Crippen LogP contribution is -2.23. The van der Waals surface area contributed by atoms with E-state index in [-0.39, 0.29) is 0 Å². The van der Waals surface area contributed by atoms with E-state index in [1.54, 1.807) is 12.3 Å². The highest BCUT2D eigenvalue weighted by molar-refractivity contribution is 5.96. The van der Waals surface area contributed by atoms with E-state index in [1.165, 1.54) is 11.1 Å². The molecule has 0 fully saturated rings. The van der Waals surface area contributed by atoms with Crippen LogP contribution in [0.3, 0.4) is 0 Å². The first kappa shape index (κ1) is 13.5. The first-order valence-electron chi connectivity index (χ1n) is 4.87. The van der Waals surface area contributed by atoms with E-state index in [0.717, 1.165) is 12.1 Å². The Morgan fingerprint density at radius 3 is 2.60 bits per heavy atom. The van der Waals surface area contributed by atoms with Gasteiger partial charge in [0.05, 0.1) is 0 Å². The molecule has 0 amide bonds. The second-order valence-electron chi connectivity index (χ2n) is 2.88. The van der Waals surface area contributed by atoms with Gasteiger partial charge in [-0.1, -0.05) is 19.6 Å². The molecule has 0 rings (SSSR count). The molecule has 0 aliphatic carbocycles. The molecule has 0 atom stereocenters. The molecule has 0 aromatic rings. The van der Waals surface area contributed by atoms with Crippen molar-refractivity contribution in [2.45, 2.75) is 27.2 Å². The molecule has 0 aliphatic rings. The lowest BCUT2D eigenvalue weighted by molar-refractivity contribution is 0.343. The van der Waals surface area contributed by atoms with Gasteiger partial charge in [-0.2, -0.15) is 0 Å². The molecule has 0 bridgehead atoms. The summed E-state index contributed by atoms with van der Waals surface area (Å²) in [5.74, 6) is 0.324. The maximum atomic E-state index is 12.7. The fourth-order valence-electron chi connectivity index (χ4n) is 0.839. The first-order valence-corrected chi connectivity index (χ1v) is 4.87. The zero-order chi connectivity index (χ0) is 11.7. The molecular formula is C11H18FN3. The van der Waals surface area contributed by atoms with Gasteiger partial charge in [0, 0.05) is 18.1 Å². The van der Waals surface area contributed by atoms with E-state index in [4.69, 9.17) is 0 Å². The van der Waals surface area contributed by atoms with Gasteiger partial charge in [-0.3, -0.25) is 4.90 Å². The number of allylic oxidation sites excluding steroid dienone is 1. The zero-order valence-corrected chi connectivity index (χ0v) is 9.57. The molecule has 4 heteroatoms. The van der Waals surface area contributed by atoms with Crippen molar-refractivity contribution in [3.05, 3.63) is 25.1 Å². The third-order valence-corrected chi connectivity index (χ3v) is 1.72. The van der Waals surface area contributed by atoms with Gasteiger partial charge in [-0.25, -0.2) is 14.4 Å². The minimum absolute atomic E-state index is 0.324. The summed E-state index contributed by atoms with van der Waals surface area (Å²) in [5, 5.41) is 0. The van der Waals surface area contributed by atoms with Crippen molar-refractivity contribution >= 4 is 11.7 Å². The number of alkyl halides is 1. The molecule has 0 N–H and O–H groups in total. The summed E-state index contributed by atoms with van der Waals surface area (Å²) in [7, 11) is 0. The number of hydrogen-bond donors (Lipinski definition) is 0. The molecule has 3 nitrogen and oxygen atoms in total. The number of rotatable bonds is 4. The summed E-state index contributed by atoms with van der Waals surface area (Å²) in [4.78, 5) is 9.45. The van der Waals surface area contributed by atoms with Crippen LogP contribution in [0.4, 0.5) is 4.39 Å². The molecule has 0 spiro atoms. The Balaban J connectivity index is 4.95. The number of nitrogens with zero attached hydrogens (tertiary/aromatic N) is 3. The maximum absolute atomic E-state index is 12.7. The van der Waals surface area contributed by atoms with Gasteiger partial charge in [0.2, 0.25) is 5.96 Å². The van der Waals surface area contributed by atoms with Crippen LogP contribution in [-0.4, -0.2) is 23.4 Å². The van der Waals surface area contributed by atoms with Crippen LogP contribution < -0.4 is 0 Å². The van der Waals surface area contributed by atoms with Crippen LogP contribution in [0.5, 0.6) is 0 Å². The summed E-state index contributed by atoms with van der Waals surface area (Å²) in [6, 6.07) is 0. The summed E-state index contributed by atoms with van der Waals surface area (Å²) < 4.78 is 12.7. The molecular weight excluding hydrogens is 193 g/mol. The Labute approximate surface area is 90.7 Å². The Hall–Kier alpha value is -1.45. The standard InChI is InChI=1S/C11H18FN3/c1-5-8-15(9-12)11(13-7-3)14-10(4)6-2/h5,7-8H,3,6,9H2,1-2,4H3/b8-5-,13-11-,14-10+. The fraction of sp³-hybridized carbons (Fsp3) is 0.455. The highest BCUT2D eigenvalue weighted by Crippen LogP contribution is 1.99. The highest BCUT2D eigenvalue weighted by Gasteiger charge is 2.05. The lowest BCUT2D eigenvalue weighted by Gasteiger charge is -2.14. The summed E-state index contributed by atoms with van der Waals surface area (Å²) in [6.07, 6.45) is 5.49. The molecule has 0 aromatic heterocycles. The molecule has 0 saturated heterocycles. The van der Waals surface area contributed by atoms with Crippen molar-refractivity contribution in [2.75, 3.05) is 6.80 Å². The molecule has 0 radical (unpaired) electrons. The maximum Gasteiger partial charge on any atom is 0.231 e. The average Bonchev–Trinajstić information content (AvgIpc) is 2.25. The van der Waals surface area contributed by atoms with Crippen molar-refractivity contribution < 1.29 is 4.39 Å². The van der Waals surface area contributed by atoms with Crippen LogP contribution in [0.1, 0.15) is 27.2 Å². The van der Waals surface area contributed by atoms with E-state index in [2.05, 4.69) is 16.6 Å². The Kier molecular flexibility index (Phi) is 7.14. The SMILES string of the molecule is C=C/N=C(/N=C(\C)CC)N(/C=C\C)CF. The van der Waals surface area contributed by atoms with Gasteiger partial charge in [-0.15, -0.1) is 0 Å². The highest BCUT2D eigenvalue weighted by atomic mass is 19.1. The van der Waals surface area contributed by atoms with Crippen molar-refractivity contribution in [1.29, 1.82) is 0 Å². The summed E-state index contributed by atoms with van der Waals surface area (Å²) >= 11 is 0. The van der Waals surface area contributed by atoms with E-state index >= 15 is 0 Å². The minimum Gasteiger partial charge on any atom is -0.289 e. The molecule has 0 aromatic carbocycles. The van der Waals surface area contributed by atoms with E-state index < -0.39 is 6.80 Å². The van der Waals surface area contributed by atoms with Crippen LogP contribution in [-0.2, 0) is 0 Å². The number of aliphatic imine (C=N–C) groups is 2. The average molecular weight is 211 g/mol. The second kappa shape index (κ2) is 7.91. The number of halogens is 1. The van der Waals surface area contributed by atoms with Crippen molar-refractivity contribution in [1.82, 2.24) is 4.90 Å². The van der Waals surface area contributed by atoms with E-state index in [0.29, 0.717) is 5.96 Å². The van der Waals surface area contributed by atoms with Gasteiger partial charge in [0.15, 0.2) is 6.80 Å². The molecule has 0 unspecified atom stereocenters. The Bertz CT molecular complexity index is 280. The minimum atomic E-state index is -0.655. The molecule has 0 heterocycles. The van der Waals surface area contributed by atoms with Gasteiger partial charge in [0.1, 0.15) is 0 Å². The normalized spacial score (nSPS) is 13.3. The smallest absolute Gasteiger partial charge is 0.231 e. The quantitative estimate of drug-likeness (QED) is 0.399. The molecule has 84 valence electrons. The van der Waals surface area contributed by atoms with Gasteiger partial charge in [-0.05, 0) is 20.3 Å². The topological polar surface area (TPSA) is 28.0 Å². The summed E-state index contributed by atoms with van der Waals surface area (Å²) in [5.41, 5.74) is 0.901. The predicted octanol–water partition coefficient (Wildman–Crippen LogP) is 3.12. The number of guanidine groups is 1.